The van der Waals surface area contributed by atoms with E-state index in [1.54, 1.807) is 7.11 Å². The van der Waals surface area contributed by atoms with E-state index < -0.39 is 0 Å². The number of methoxy groups -OCH3 is 1. The molecule has 0 aliphatic rings. The van der Waals surface area contributed by atoms with E-state index in [2.05, 4.69) is 39.2 Å². The van der Waals surface area contributed by atoms with Gasteiger partial charge < -0.3 is 14.6 Å². The van der Waals surface area contributed by atoms with Crippen molar-refractivity contribution in [1.29, 1.82) is 0 Å². The molecule has 0 bridgehead atoms. The first-order chi connectivity index (χ1) is 11.2. The van der Waals surface area contributed by atoms with Crippen LogP contribution in [0.5, 0.6) is 0 Å². The molecule has 1 aromatic carbocycles. The van der Waals surface area contributed by atoms with Gasteiger partial charge in [0.2, 0.25) is 5.13 Å². The van der Waals surface area contributed by atoms with Gasteiger partial charge in [0.15, 0.2) is 0 Å². The number of aryl methyl sites for hydroxylation is 1. The van der Waals surface area contributed by atoms with Crippen LogP contribution in [0.1, 0.15) is 31.5 Å². The molecular weight excluding hydrogens is 310 g/mol. The molecule has 2 heterocycles. The standard InChI is InChI=1S/C16H21N5OS/c1-4-21-13-8-6-5-7-12(13)18-15(21)11(2)17-16-19-14(20-23-16)9-10-22-3/h5-8,11H,4,9-10H2,1-3H3,(H,17,19,20). The van der Waals surface area contributed by atoms with Crippen LogP contribution in [0.3, 0.4) is 0 Å². The van der Waals surface area contributed by atoms with Crippen molar-refractivity contribution >= 4 is 27.7 Å². The van der Waals surface area contributed by atoms with E-state index in [-0.39, 0.29) is 6.04 Å². The predicted octanol–water partition coefficient (Wildman–Crippen LogP) is 3.27. The van der Waals surface area contributed by atoms with Gasteiger partial charge in [-0.25, -0.2) is 9.97 Å². The maximum Gasteiger partial charge on any atom is 0.203 e. The summed E-state index contributed by atoms with van der Waals surface area (Å²) in [5.41, 5.74) is 2.19. The van der Waals surface area contributed by atoms with E-state index in [0.717, 1.165) is 40.8 Å². The maximum atomic E-state index is 5.06. The van der Waals surface area contributed by atoms with Crippen LogP contribution in [-0.2, 0) is 17.7 Å². The SMILES string of the molecule is CCn1c(C(C)Nc2nc(CCOC)ns2)nc2ccccc21. The van der Waals surface area contributed by atoms with Gasteiger partial charge in [-0.05, 0) is 26.0 Å². The van der Waals surface area contributed by atoms with Gasteiger partial charge in [0.05, 0.1) is 23.7 Å². The average molecular weight is 331 g/mol. The molecule has 6 nitrogen and oxygen atoms in total. The number of fused-ring (bicyclic) bond motifs is 1. The molecule has 0 saturated heterocycles. The summed E-state index contributed by atoms with van der Waals surface area (Å²) in [6, 6.07) is 8.28. The Morgan fingerprint density at radius 3 is 2.91 bits per heavy atom. The number of hydrogen-bond acceptors (Lipinski definition) is 6. The Bertz CT molecular complexity index is 782. The second-order valence-electron chi connectivity index (χ2n) is 5.33. The summed E-state index contributed by atoms with van der Waals surface area (Å²) in [4.78, 5) is 9.27. The van der Waals surface area contributed by atoms with E-state index in [0.29, 0.717) is 6.61 Å². The molecule has 2 aromatic heterocycles. The molecule has 122 valence electrons. The lowest BCUT2D eigenvalue weighted by Crippen LogP contribution is -2.13. The largest absolute Gasteiger partial charge is 0.384 e. The van der Waals surface area contributed by atoms with E-state index in [1.165, 1.54) is 11.5 Å². The number of benzene rings is 1. The molecule has 0 spiro atoms. The summed E-state index contributed by atoms with van der Waals surface area (Å²) in [6.45, 7) is 5.76. The van der Waals surface area contributed by atoms with Crippen LogP contribution in [0.25, 0.3) is 11.0 Å². The second kappa shape index (κ2) is 7.06. The van der Waals surface area contributed by atoms with Crippen LogP contribution in [0.2, 0.25) is 0 Å². The van der Waals surface area contributed by atoms with E-state index in [9.17, 15) is 0 Å². The molecule has 1 unspecified atom stereocenters. The van der Waals surface area contributed by atoms with Crippen LogP contribution in [0.4, 0.5) is 5.13 Å². The highest BCUT2D eigenvalue weighted by atomic mass is 32.1. The summed E-state index contributed by atoms with van der Waals surface area (Å²) < 4.78 is 11.6. The lowest BCUT2D eigenvalue weighted by atomic mass is 10.3. The second-order valence-corrected chi connectivity index (χ2v) is 6.08. The van der Waals surface area contributed by atoms with Crippen molar-refractivity contribution in [3.05, 3.63) is 35.9 Å². The van der Waals surface area contributed by atoms with Crippen molar-refractivity contribution in [3.63, 3.8) is 0 Å². The molecule has 1 atom stereocenters. The summed E-state index contributed by atoms with van der Waals surface area (Å²) in [6.07, 6.45) is 0.733. The highest BCUT2D eigenvalue weighted by molar-refractivity contribution is 7.09. The van der Waals surface area contributed by atoms with Crippen molar-refractivity contribution in [1.82, 2.24) is 18.9 Å². The van der Waals surface area contributed by atoms with Crippen molar-refractivity contribution < 1.29 is 4.74 Å². The third-order valence-corrected chi connectivity index (χ3v) is 4.41. The molecule has 1 N–H and O–H groups in total. The van der Waals surface area contributed by atoms with Crippen LogP contribution in [0.15, 0.2) is 24.3 Å². The number of imidazole rings is 1. The Labute approximate surface area is 139 Å². The van der Waals surface area contributed by atoms with Gasteiger partial charge in [-0.15, -0.1) is 0 Å². The van der Waals surface area contributed by atoms with Gasteiger partial charge in [-0.1, -0.05) is 12.1 Å². The Morgan fingerprint density at radius 1 is 1.30 bits per heavy atom. The number of para-hydroxylation sites is 2. The molecule has 0 aliphatic carbocycles. The average Bonchev–Trinajstić information content (AvgIpc) is 3.16. The third-order valence-electron chi connectivity index (χ3n) is 3.73. The number of nitrogens with zero attached hydrogens (tertiary/aromatic N) is 4. The number of ether oxygens (including phenoxy) is 1. The Morgan fingerprint density at radius 2 is 2.13 bits per heavy atom. The quantitative estimate of drug-likeness (QED) is 0.720. The maximum absolute atomic E-state index is 5.06. The number of anilines is 1. The normalized spacial score (nSPS) is 12.7. The summed E-state index contributed by atoms with van der Waals surface area (Å²) in [7, 11) is 1.68. The van der Waals surface area contributed by atoms with Gasteiger partial charge in [0.1, 0.15) is 11.6 Å². The smallest absolute Gasteiger partial charge is 0.203 e. The van der Waals surface area contributed by atoms with Crippen LogP contribution in [0, 0.1) is 0 Å². The summed E-state index contributed by atoms with van der Waals surface area (Å²) in [5.74, 6) is 1.83. The van der Waals surface area contributed by atoms with Crippen LogP contribution in [-0.4, -0.2) is 32.6 Å². The van der Waals surface area contributed by atoms with Gasteiger partial charge in [-0.2, -0.15) is 4.37 Å². The summed E-state index contributed by atoms with van der Waals surface area (Å²) >= 11 is 1.38. The number of aromatic nitrogens is 4. The fourth-order valence-electron chi connectivity index (χ4n) is 2.61. The highest BCUT2D eigenvalue weighted by Crippen LogP contribution is 2.24. The summed E-state index contributed by atoms with van der Waals surface area (Å²) in [5, 5.41) is 4.23. The Balaban J connectivity index is 1.80. The van der Waals surface area contributed by atoms with Gasteiger partial charge in [0.25, 0.3) is 0 Å². The van der Waals surface area contributed by atoms with E-state index in [1.807, 2.05) is 18.2 Å². The minimum atomic E-state index is 0.0607. The molecular formula is C16H21N5OS. The van der Waals surface area contributed by atoms with E-state index in [4.69, 9.17) is 9.72 Å². The van der Waals surface area contributed by atoms with E-state index >= 15 is 0 Å². The molecule has 0 saturated carbocycles. The lowest BCUT2D eigenvalue weighted by molar-refractivity contribution is 0.201. The Hall–Kier alpha value is -1.99. The number of rotatable bonds is 7. The van der Waals surface area contributed by atoms with Crippen molar-refractivity contribution in [3.8, 4) is 0 Å². The minimum Gasteiger partial charge on any atom is -0.384 e. The molecule has 23 heavy (non-hydrogen) atoms. The first-order valence-corrected chi connectivity index (χ1v) is 8.53. The van der Waals surface area contributed by atoms with Crippen LogP contribution < -0.4 is 5.32 Å². The molecule has 0 amide bonds. The first-order valence-electron chi connectivity index (χ1n) is 7.76. The molecule has 7 heteroatoms. The third kappa shape index (κ3) is 3.35. The fourth-order valence-corrected chi connectivity index (χ4v) is 3.31. The molecule has 0 aliphatic heterocycles. The zero-order valence-electron chi connectivity index (χ0n) is 13.6. The highest BCUT2D eigenvalue weighted by Gasteiger charge is 2.17. The topological polar surface area (TPSA) is 64.9 Å². The first kappa shape index (κ1) is 15.9. The lowest BCUT2D eigenvalue weighted by Gasteiger charge is -2.14. The van der Waals surface area contributed by atoms with Gasteiger partial charge >= 0.3 is 0 Å². The number of hydrogen-bond donors (Lipinski definition) is 1. The molecule has 3 rings (SSSR count). The molecule has 0 fully saturated rings. The Kier molecular flexibility index (Phi) is 4.88. The van der Waals surface area contributed by atoms with Crippen molar-refractivity contribution in [2.24, 2.45) is 0 Å². The van der Waals surface area contributed by atoms with Gasteiger partial charge in [0, 0.05) is 31.6 Å². The minimum absolute atomic E-state index is 0.0607. The number of nitrogens with one attached hydrogen (secondary N) is 1. The molecule has 0 radical (unpaired) electrons. The van der Waals surface area contributed by atoms with Crippen LogP contribution >= 0.6 is 11.5 Å². The predicted molar refractivity (Wildman–Crippen MR) is 92.9 cm³/mol. The molecule has 3 aromatic rings. The zero-order valence-corrected chi connectivity index (χ0v) is 14.4. The van der Waals surface area contributed by atoms with Crippen molar-refractivity contribution in [2.75, 3.05) is 19.0 Å². The fraction of sp³-hybridized carbons (Fsp3) is 0.438. The zero-order chi connectivity index (χ0) is 16.2. The van der Waals surface area contributed by atoms with Crippen molar-refractivity contribution in [2.45, 2.75) is 32.9 Å². The monoisotopic (exact) mass is 331 g/mol. The van der Waals surface area contributed by atoms with Gasteiger partial charge in [-0.3, -0.25) is 0 Å².